The number of ether oxygens (including phenoxy) is 2. The molecule has 0 saturated carbocycles. The van der Waals surface area contributed by atoms with Crippen molar-refractivity contribution < 1.29 is 23.5 Å². The highest BCUT2D eigenvalue weighted by atomic mass is 35.5. The highest BCUT2D eigenvalue weighted by Gasteiger charge is 2.43. The fraction of sp³-hybridized carbons (Fsp3) is 0.160. The maximum Gasteiger partial charge on any atom is 0.355 e. The Morgan fingerprint density at radius 2 is 1.79 bits per heavy atom. The zero-order chi connectivity index (χ0) is 24.6. The van der Waals surface area contributed by atoms with Crippen molar-refractivity contribution in [1.82, 2.24) is 0 Å². The normalized spacial score (nSPS) is 16.0. The van der Waals surface area contributed by atoms with Gasteiger partial charge in [-0.2, -0.15) is 5.26 Å². The molecule has 4 rings (SSSR count). The van der Waals surface area contributed by atoms with Crippen LogP contribution in [0.3, 0.4) is 0 Å². The summed E-state index contributed by atoms with van der Waals surface area (Å²) in [4.78, 5) is 27.5. The molecule has 0 fully saturated rings. The van der Waals surface area contributed by atoms with E-state index >= 15 is 0 Å². The van der Waals surface area contributed by atoms with E-state index in [1.54, 1.807) is 49.4 Å². The van der Waals surface area contributed by atoms with Crippen LogP contribution in [0.5, 0.6) is 0 Å². The average molecular weight is 478 g/mol. The van der Waals surface area contributed by atoms with Crippen LogP contribution in [-0.2, 0) is 19.1 Å². The topological polar surface area (TPSA) is 119 Å². The Hall–Kier alpha value is -4.22. The third kappa shape index (κ3) is 3.66. The Bertz CT molecular complexity index is 1420. The molecule has 3 aromatic rings. The first kappa shape index (κ1) is 23.0. The largest absolute Gasteiger partial charge is 0.466 e. The number of halogens is 1. The summed E-state index contributed by atoms with van der Waals surface area (Å²) in [5.74, 6) is -1.98. The highest BCUT2D eigenvalue weighted by molar-refractivity contribution is 6.35. The number of carbonyl (C=O) groups excluding carboxylic acids is 2. The van der Waals surface area contributed by atoms with Gasteiger partial charge in [0, 0.05) is 5.39 Å². The third-order valence-electron chi connectivity index (χ3n) is 5.55. The lowest BCUT2D eigenvalue weighted by molar-refractivity contribution is -0.139. The summed E-state index contributed by atoms with van der Waals surface area (Å²) in [6, 6.07) is 15.9. The van der Waals surface area contributed by atoms with Gasteiger partial charge in [-0.15, -0.1) is 0 Å². The number of nitrogens with zero attached hydrogens (tertiary/aromatic N) is 2. The number of aryl methyl sites for hydroxylation is 1. The van der Waals surface area contributed by atoms with Crippen LogP contribution in [0.25, 0.3) is 11.0 Å². The summed E-state index contributed by atoms with van der Waals surface area (Å²) >= 11 is 6.46. The van der Waals surface area contributed by atoms with Crippen LogP contribution >= 0.6 is 11.6 Å². The Labute approximate surface area is 200 Å². The second-order valence-electron chi connectivity index (χ2n) is 7.54. The number of methoxy groups -OCH3 is 2. The van der Waals surface area contributed by atoms with E-state index in [0.29, 0.717) is 28.0 Å². The molecule has 34 heavy (non-hydrogen) atoms. The zero-order valence-corrected chi connectivity index (χ0v) is 19.3. The quantitative estimate of drug-likeness (QED) is 0.552. The predicted molar refractivity (Wildman–Crippen MR) is 126 cm³/mol. The lowest BCUT2D eigenvalue weighted by Crippen LogP contribution is -2.40. The minimum Gasteiger partial charge on any atom is -0.466 e. The van der Waals surface area contributed by atoms with Crippen molar-refractivity contribution in [1.29, 1.82) is 5.26 Å². The number of hydrogen-bond donors (Lipinski definition) is 1. The predicted octanol–water partition coefficient (Wildman–Crippen LogP) is 4.29. The van der Waals surface area contributed by atoms with Crippen LogP contribution in [0.4, 0.5) is 5.69 Å². The number of nitriles is 1. The van der Waals surface area contributed by atoms with Gasteiger partial charge in [0.1, 0.15) is 17.3 Å². The number of carbonyl (C=O) groups is 2. The van der Waals surface area contributed by atoms with Gasteiger partial charge in [-0.25, -0.2) is 9.59 Å². The molecule has 0 aliphatic carbocycles. The summed E-state index contributed by atoms with van der Waals surface area (Å²) < 4.78 is 15.7. The smallest absolute Gasteiger partial charge is 0.355 e. The zero-order valence-electron chi connectivity index (χ0n) is 18.6. The van der Waals surface area contributed by atoms with Gasteiger partial charge in [0.05, 0.1) is 48.1 Å². The van der Waals surface area contributed by atoms with Crippen LogP contribution in [0.15, 0.2) is 75.6 Å². The van der Waals surface area contributed by atoms with E-state index in [9.17, 15) is 14.9 Å². The monoisotopic (exact) mass is 477 g/mol. The van der Waals surface area contributed by atoms with Crippen LogP contribution in [-0.4, -0.2) is 26.2 Å². The van der Waals surface area contributed by atoms with Crippen molar-refractivity contribution in [2.45, 2.75) is 12.8 Å². The van der Waals surface area contributed by atoms with Crippen LogP contribution in [0.1, 0.15) is 17.2 Å². The summed E-state index contributed by atoms with van der Waals surface area (Å²) in [6.45, 7) is 1.78. The highest BCUT2D eigenvalue weighted by Crippen LogP contribution is 2.44. The van der Waals surface area contributed by atoms with Gasteiger partial charge < -0.3 is 19.6 Å². The fourth-order valence-electron chi connectivity index (χ4n) is 4.13. The molecule has 9 heteroatoms. The Kier molecular flexibility index (Phi) is 6.05. The molecular weight excluding hydrogens is 458 g/mol. The van der Waals surface area contributed by atoms with E-state index in [1.807, 2.05) is 0 Å². The Morgan fingerprint density at radius 3 is 2.41 bits per heavy atom. The first-order chi connectivity index (χ1) is 16.3. The molecule has 8 nitrogen and oxygen atoms in total. The van der Waals surface area contributed by atoms with Gasteiger partial charge in [0.2, 0.25) is 0 Å². The first-order valence-corrected chi connectivity index (χ1v) is 10.6. The number of hydrogen-bond acceptors (Lipinski definition) is 8. The molecule has 1 unspecified atom stereocenters. The molecule has 1 aliphatic heterocycles. The summed E-state index contributed by atoms with van der Waals surface area (Å²) in [7, 11) is 2.39. The molecule has 1 aromatic heterocycles. The molecular formula is C25H20ClN3O5. The first-order valence-electron chi connectivity index (χ1n) is 10.2. The number of rotatable bonds is 4. The van der Waals surface area contributed by atoms with Crippen molar-refractivity contribution in [3.05, 3.63) is 87.5 Å². The van der Waals surface area contributed by atoms with Gasteiger partial charge in [-0.1, -0.05) is 41.9 Å². The number of fused-ring (bicyclic) bond motifs is 1. The van der Waals surface area contributed by atoms with Gasteiger partial charge in [-0.05, 0) is 30.7 Å². The van der Waals surface area contributed by atoms with Gasteiger partial charge in [-0.3, -0.25) is 4.90 Å². The number of allylic oxidation sites excluding steroid dienone is 1. The van der Waals surface area contributed by atoms with Crippen LogP contribution in [0, 0.1) is 18.3 Å². The lowest BCUT2D eigenvalue weighted by Gasteiger charge is -2.36. The number of nitrogens with two attached hydrogens (primary N) is 1. The molecule has 0 radical (unpaired) electrons. The molecule has 0 spiro atoms. The minimum absolute atomic E-state index is 0.0416. The van der Waals surface area contributed by atoms with Crippen LogP contribution < -0.4 is 10.6 Å². The van der Waals surface area contributed by atoms with Crippen molar-refractivity contribution in [3.63, 3.8) is 0 Å². The molecule has 2 N–H and O–H groups in total. The fourth-order valence-corrected chi connectivity index (χ4v) is 4.39. The average Bonchev–Trinajstić information content (AvgIpc) is 3.23. The second-order valence-corrected chi connectivity index (χ2v) is 7.95. The molecule has 0 bridgehead atoms. The number of furan rings is 1. The van der Waals surface area contributed by atoms with E-state index in [0.717, 1.165) is 0 Å². The van der Waals surface area contributed by atoms with E-state index in [1.165, 1.54) is 25.2 Å². The number of benzene rings is 2. The molecule has 0 amide bonds. The van der Waals surface area contributed by atoms with Crippen molar-refractivity contribution in [3.8, 4) is 6.07 Å². The number of anilines is 1. The Morgan fingerprint density at radius 1 is 1.12 bits per heavy atom. The Balaban J connectivity index is 2.08. The number of esters is 2. The van der Waals surface area contributed by atoms with Gasteiger partial charge in [0.15, 0.2) is 5.58 Å². The third-order valence-corrected chi connectivity index (χ3v) is 5.83. The molecule has 1 atom stereocenters. The van der Waals surface area contributed by atoms with Crippen molar-refractivity contribution in [2.24, 2.45) is 5.73 Å². The van der Waals surface area contributed by atoms with E-state index in [-0.39, 0.29) is 27.7 Å². The summed E-state index contributed by atoms with van der Waals surface area (Å²) in [6.07, 6.45) is 0. The molecule has 172 valence electrons. The van der Waals surface area contributed by atoms with E-state index in [4.69, 9.17) is 31.2 Å². The van der Waals surface area contributed by atoms with E-state index in [2.05, 4.69) is 6.07 Å². The molecule has 0 saturated heterocycles. The van der Waals surface area contributed by atoms with Crippen LogP contribution in [0.2, 0.25) is 5.02 Å². The molecule has 2 aromatic carbocycles. The van der Waals surface area contributed by atoms with Crippen molar-refractivity contribution >= 4 is 40.2 Å². The second kappa shape index (κ2) is 8.96. The summed E-state index contributed by atoms with van der Waals surface area (Å²) in [5, 5.41) is 11.0. The maximum absolute atomic E-state index is 13.1. The van der Waals surface area contributed by atoms with Crippen molar-refractivity contribution in [2.75, 3.05) is 19.1 Å². The molecule has 2 heterocycles. The van der Waals surface area contributed by atoms with Gasteiger partial charge in [0.25, 0.3) is 0 Å². The summed E-state index contributed by atoms with van der Waals surface area (Å²) in [5.41, 5.74) is 7.71. The maximum atomic E-state index is 13.1. The standard InChI is InChI=1S/C25H20ClN3O5/c1-13-9-15-10-16(11-18(26)22(15)34-13)29-21(25(31)33-3)20(24(30)32-2)19(17(12-27)23(29)28)14-7-5-4-6-8-14/h4-11,19H,28H2,1-3H3. The minimum atomic E-state index is -0.945. The van der Waals surface area contributed by atoms with Gasteiger partial charge >= 0.3 is 11.9 Å². The lowest BCUT2D eigenvalue weighted by atomic mass is 9.81. The molecule has 1 aliphatic rings. The SMILES string of the molecule is COC(=O)C1=C(C(=O)OC)N(c2cc(Cl)c3oc(C)cc3c2)C(N)=C(C#N)C1c1ccccc1. The van der Waals surface area contributed by atoms with E-state index < -0.39 is 17.9 Å².